The van der Waals surface area contributed by atoms with Crippen molar-refractivity contribution < 1.29 is 9.59 Å². The van der Waals surface area contributed by atoms with Crippen LogP contribution < -0.4 is 10.6 Å². The van der Waals surface area contributed by atoms with Crippen molar-refractivity contribution in [1.82, 2.24) is 15.2 Å². The SMILES string of the molecule is CC(C)(C)N1CC(C(=O)Nc2ncc(C3CCNCC3)s2)CC1=O. The number of nitrogens with zero attached hydrogens (tertiary/aromatic N) is 2. The molecule has 2 saturated heterocycles. The van der Waals surface area contributed by atoms with Crippen LogP contribution in [0.4, 0.5) is 5.13 Å². The Hall–Kier alpha value is -1.47. The molecule has 0 radical (unpaired) electrons. The second-order valence-electron chi connectivity index (χ2n) is 7.66. The zero-order chi connectivity index (χ0) is 17.3. The third kappa shape index (κ3) is 3.78. The van der Waals surface area contributed by atoms with Crippen molar-refractivity contribution in [1.29, 1.82) is 0 Å². The van der Waals surface area contributed by atoms with Crippen LogP contribution in [-0.2, 0) is 9.59 Å². The molecule has 132 valence electrons. The average Bonchev–Trinajstić information content (AvgIpc) is 3.14. The van der Waals surface area contributed by atoms with Crippen LogP contribution >= 0.6 is 11.3 Å². The Bertz CT molecular complexity index is 616. The number of rotatable bonds is 3. The van der Waals surface area contributed by atoms with Gasteiger partial charge in [0.1, 0.15) is 0 Å². The number of anilines is 1. The lowest BCUT2D eigenvalue weighted by Gasteiger charge is -2.31. The quantitative estimate of drug-likeness (QED) is 0.876. The molecule has 0 saturated carbocycles. The second-order valence-corrected chi connectivity index (χ2v) is 8.72. The number of carbonyl (C=O) groups excluding carboxylic acids is 2. The number of aromatic nitrogens is 1. The molecule has 1 unspecified atom stereocenters. The number of amides is 2. The van der Waals surface area contributed by atoms with Crippen molar-refractivity contribution in [2.24, 2.45) is 5.92 Å². The molecule has 24 heavy (non-hydrogen) atoms. The number of nitrogens with one attached hydrogen (secondary N) is 2. The van der Waals surface area contributed by atoms with E-state index in [4.69, 9.17) is 0 Å². The molecule has 1 atom stereocenters. The summed E-state index contributed by atoms with van der Waals surface area (Å²) in [4.78, 5) is 32.0. The number of hydrogen-bond acceptors (Lipinski definition) is 5. The second kappa shape index (κ2) is 6.80. The smallest absolute Gasteiger partial charge is 0.231 e. The highest BCUT2D eigenvalue weighted by atomic mass is 32.1. The Balaban J connectivity index is 1.59. The molecule has 0 spiro atoms. The fraction of sp³-hybridized carbons (Fsp3) is 0.706. The van der Waals surface area contributed by atoms with E-state index < -0.39 is 0 Å². The molecule has 2 aliphatic rings. The maximum absolute atomic E-state index is 12.5. The number of carbonyl (C=O) groups is 2. The van der Waals surface area contributed by atoms with Crippen molar-refractivity contribution in [2.45, 2.75) is 51.5 Å². The summed E-state index contributed by atoms with van der Waals surface area (Å²) < 4.78 is 0. The van der Waals surface area contributed by atoms with Crippen molar-refractivity contribution in [3.63, 3.8) is 0 Å². The minimum absolute atomic E-state index is 0.0529. The molecule has 6 nitrogen and oxygen atoms in total. The summed E-state index contributed by atoms with van der Waals surface area (Å²) in [5, 5.41) is 6.92. The van der Waals surface area contributed by atoms with E-state index in [0.717, 1.165) is 25.9 Å². The minimum atomic E-state index is -0.289. The standard InChI is InChI=1S/C17H26N4O2S/c1-17(2,3)21-10-12(8-14(21)22)15(23)20-16-19-9-13(24-16)11-4-6-18-7-5-11/h9,11-12,18H,4-8,10H2,1-3H3,(H,19,20,23). The molecular formula is C17H26N4O2S. The molecular weight excluding hydrogens is 324 g/mol. The van der Waals surface area contributed by atoms with Crippen LogP contribution in [0.3, 0.4) is 0 Å². The van der Waals surface area contributed by atoms with E-state index in [-0.39, 0.29) is 29.7 Å². The Kier molecular flexibility index (Phi) is 4.92. The molecule has 0 bridgehead atoms. The van der Waals surface area contributed by atoms with E-state index in [0.29, 0.717) is 17.6 Å². The van der Waals surface area contributed by atoms with Gasteiger partial charge in [-0.3, -0.25) is 9.59 Å². The zero-order valence-electron chi connectivity index (χ0n) is 14.6. The third-order valence-electron chi connectivity index (χ3n) is 4.80. The lowest BCUT2D eigenvalue weighted by atomic mass is 9.97. The number of piperidine rings is 1. The normalized spacial score (nSPS) is 22.9. The van der Waals surface area contributed by atoms with Crippen molar-refractivity contribution >= 4 is 28.3 Å². The Labute approximate surface area is 147 Å². The molecule has 3 heterocycles. The maximum atomic E-state index is 12.5. The topological polar surface area (TPSA) is 74.3 Å². The first-order valence-electron chi connectivity index (χ1n) is 8.62. The van der Waals surface area contributed by atoms with Gasteiger partial charge in [-0.2, -0.15) is 0 Å². The van der Waals surface area contributed by atoms with Gasteiger partial charge in [-0.25, -0.2) is 4.98 Å². The van der Waals surface area contributed by atoms with Crippen molar-refractivity contribution in [2.75, 3.05) is 25.0 Å². The van der Waals surface area contributed by atoms with Crippen LogP contribution in [0, 0.1) is 5.92 Å². The molecule has 3 rings (SSSR count). The predicted molar refractivity (Wildman–Crippen MR) is 95.2 cm³/mol. The van der Waals surface area contributed by atoms with Crippen LogP contribution in [0.5, 0.6) is 0 Å². The monoisotopic (exact) mass is 350 g/mol. The molecule has 2 N–H and O–H groups in total. The van der Waals surface area contributed by atoms with Crippen LogP contribution in [0.1, 0.15) is 50.8 Å². The number of likely N-dealkylation sites (tertiary alicyclic amines) is 1. The first-order chi connectivity index (χ1) is 11.3. The molecule has 2 aliphatic heterocycles. The third-order valence-corrected chi connectivity index (χ3v) is 5.88. The zero-order valence-corrected chi connectivity index (χ0v) is 15.4. The van der Waals surface area contributed by atoms with Gasteiger partial charge in [-0.15, -0.1) is 11.3 Å². The van der Waals surface area contributed by atoms with Gasteiger partial charge in [0.25, 0.3) is 0 Å². The average molecular weight is 350 g/mol. The summed E-state index contributed by atoms with van der Waals surface area (Å²) in [7, 11) is 0. The molecule has 1 aromatic rings. The lowest BCUT2D eigenvalue weighted by Crippen LogP contribution is -2.42. The summed E-state index contributed by atoms with van der Waals surface area (Å²) >= 11 is 1.56. The fourth-order valence-corrected chi connectivity index (χ4v) is 4.37. The molecule has 1 aromatic heterocycles. The van der Waals surface area contributed by atoms with Gasteiger partial charge in [0.05, 0.1) is 5.92 Å². The first kappa shape index (κ1) is 17.4. The first-order valence-corrected chi connectivity index (χ1v) is 9.44. The Morgan fingerprint density at radius 1 is 1.38 bits per heavy atom. The largest absolute Gasteiger partial charge is 0.337 e. The molecule has 0 aromatic carbocycles. The Morgan fingerprint density at radius 2 is 2.08 bits per heavy atom. The van der Waals surface area contributed by atoms with Crippen LogP contribution in [0.25, 0.3) is 0 Å². The van der Waals surface area contributed by atoms with Gasteiger partial charge in [0, 0.05) is 29.6 Å². The van der Waals surface area contributed by atoms with Gasteiger partial charge in [-0.05, 0) is 52.6 Å². The van der Waals surface area contributed by atoms with E-state index in [1.165, 1.54) is 4.88 Å². The number of hydrogen-bond donors (Lipinski definition) is 2. The number of thiazole rings is 1. The molecule has 0 aliphatic carbocycles. The van der Waals surface area contributed by atoms with E-state index in [2.05, 4.69) is 15.6 Å². The maximum Gasteiger partial charge on any atom is 0.231 e. The summed E-state index contributed by atoms with van der Waals surface area (Å²) in [5.74, 6) is 0.209. The minimum Gasteiger partial charge on any atom is -0.337 e. The molecule has 2 fully saturated rings. The van der Waals surface area contributed by atoms with E-state index in [1.807, 2.05) is 27.0 Å². The van der Waals surface area contributed by atoms with Gasteiger partial charge >= 0.3 is 0 Å². The van der Waals surface area contributed by atoms with E-state index in [9.17, 15) is 9.59 Å². The van der Waals surface area contributed by atoms with Crippen LogP contribution in [0.2, 0.25) is 0 Å². The van der Waals surface area contributed by atoms with E-state index >= 15 is 0 Å². The van der Waals surface area contributed by atoms with Gasteiger partial charge < -0.3 is 15.5 Å². The predicted octanol–water partition coefficient (Wildman–Crippen LogP) is 2.20. The van der Waals surface area contributed by atoms with Gasteiger partial charge in [0.15, 0.2) is 5.13 Å². The van der Waals surface area contributed by atoms with Crippen molar-refractivity contribution in [3.8, 4) is 0 Å². The summed E-state index contributed by atoms with van der Waals surface area (Å²) in [5.41, 5.74) is -0.241. The molecule has 2 amide bonds. The summed E-state index contributed by atoms with van der Waals surface area (Å²) in [6.07, 6.45) is 4.41. The highest BCUT2D eigenvalue weighted by Crippen LogP contribution is 2.32. The lowest BCUT2D eigenvalue weighted by molar-refractivity contribution is -0.131. The summed E-state index contributed by atoms with van der Waals surface area (Å²) in [6.45, 7) is 8.56. The highest BCUT2D eigenvalue weighted by Gasteiger charge is 2.39. The van der Waals surface area contributed by atoms with E-state index in [1.54, 1.807) is 16.2 Å². The van der Waals surface area contributed by atoms with Crippen LogP contribution in [-0.4, -0.2) is 46.9 Å². The Morgan fingerprint density at radius 3 is 2.71 bits per heavy atom. The van der Waals surface area contributed by atoms with Crippen LogP contribution in [0.15, 0.2) is 6.20 Å². The van der Waals surface area contributed by atoms with Crippen molar-refractivity contribution in [3.05, 3.63) is 11.1 Å². The molecule has 7 heteroatoms. The highest BCUT2D eigenvalue weighted by molar-refractivity contribution is 7.15. The summed E-state index contributed by atoms with van der Waals surface area (Å²) in [6, 6.07) is 0. The van der Waals surface area contributed by atoms with Gasteiger partial charge in [0.2, 0.25) is 11.8 Å². The van der Waals surface area contributed by atoms with Gasteiger partial charge in [-0.1, -0.05) is 0 Å². The fourth-order valence-electron chi connectivity index (χ4n) is 3.38.